The quantitative estimate of drug-likeness (QED) is 0.895. The van der Waals surface area contributed by atoms with Crippen LogP contribution >= 0.6 is 0 Å². The molecule has 1 aromatic rings. The van der Waals surface area contributed by atoms with Crippen molar-refractivity contribution in [2.45, 2.75) is 50.2 Å². The fraction of sp³-hybridized carbons (Fsp3) is 0.647. The molecular formula is C17H25NO2. The highest BCUT2D eigenvalue weighted by molar-refractivity contribution is 5.39. The summed E-state index contributed by atoms with van der Waals surface area (Å²) >= 11 is 0. The monoisotopic (exact) mass is 275 g/mol. The van der Waals surface area contributed by atoms with E-state index in [0.717, 1.165) is 12.3 Å². The zero-order valence-electron chi connectivity index (χ0n) is 12.6. The van der Waals surface area contributed by atoms with E-state index in [-0.39, 0.29) is 5.60 Å². The molecule has 0 radical (unpaired) electrons. The van der Waals surface area contributed by atoms with Crippen LogP contribution in [0.3, 0.4) is 0 Å². The van der Waals surface area contributed by atoms with Crippen LogP contribution in [-0.4, -0.2) is 26.4 Å². The van der Waals surface area contributed by atoms with Crippen LogP contribution in [0.25, 0.3) is 0 Å². The molecular weight excluding hydrogens is 250 g/mol. The minimum atomic E-state index is 0.101. The Morgan fingerprint density at radius 1 is 1.25 bits per heavy atom. The predicted octanol–water partition coefficient (Wildman–Crippen LogP) is 3.23. The molecule has 0 aliphatic heterocycles. The SMILES string of the molecule is COc1ccc2c(c1)CCCC2NCC1(OC)CCC1. The van der Waals surface area contributed by atoms with Crippen molar-refractivity contribution in [3.8, 4) is 5.75 Å². The highest BCUT2D eigenvalue weighted by atomic mass is 16.5. The van der Waals surface area contributed by atoms with E-state index < -0.39 is 0 Å². The third-order valence-corrected chi connectivity index (χ3v) is 5.03. The van der Waals surface area contributed by atoms with Gasteiger partial charge in [0.05, 0.1) is 12.7 Å². The number of benzene rings is 1. The summed E-state index contributed by atoms with van der Waals surface area (Å²) in [5, 5.41) is 3.74. The van der Waals surface area contributed by atoms with Crippen LogP contribution in [0.1, 0.15) is 49.3 Å². The molecule has 3 heteroatoms. The topological polar surface area (TPSA) is 30.5 Å². The van der Waals surface area contributed by atoms with E-state index in [4.69, 9.17) is 9.47 Å². The van der Waals surface area contributed by atoms with Gasteiger partial charge in [-0.3, -0.25) is 0 Å². The number of aryl methyl sites for hydroxylation is 1. The molecule has 0 amide bonds. The van der Waals surface area contributed by atoms with Gasteiger partial charge in [-0.05, 0) is 61.8 Å². The summed E-state index contributed by atoms with van der Waals surface area (Å²) in [6.07, 6.45) is 7.32. The third-order valence-electron chi connectivity index (χ3n) is 5.03. The van der Waals surface area contributed by atoms with Gasteiger partial charge in [-0.25, -0.2) is 0 Å². The second kappa shape index (κ2) is 5.74. The standard InChI is InChI=1S/C17H25NO2/c1-19-14-7-8-15-13(11-14)5-3-6-16(15)18-12-17(20-2)9-4-10-17/h7-8,11,16,18H,3-6,9-10,12H2,1-2H3. The van der Waals surface area contributed by atoms with Crippen LogP contribution in [0.5, 0.6) is 5.75 Å². The van der Waals surface area contributed by atoms with Crippen molar-refractivity contribution in [2.24, 2.45) is 0 Å². The van der Waals surface area contributed by atoms with E-state index in [2.05, 4.69) is 23.5 Å². The first-order valence-electron chi connectivity index (χ1n) is 7.72. The smallest absolute Gasteiger partial charge is 0.119 e. The molecule has 110 valence electrons. The summed E-state index contributed by atoms with van der Waals surface area (Å²) in [5.74, 6) is 0.969. The van der Waals surface area contributed by atoms with Crippen molar-refractivity contribution in [3.05, 3.63) is 29.3 Å². The number of methoxy groups -OCH3 is 2. The van der Waals surface area contributed by atoms with Crippen molar-refractivity contribution in [1.29, 1.82) is 0 Å². The maximum atomic E-state index is 5.71. The van der Waals surface area contributed by atoms with Gasteiger partial charge in [0, 0.05) is 19.7 Å². The first-order valence-corrected chi connectivity index (χ1v) is 7.72. The Hall–Kier alpha value is -1.06. The second-order valence-corrected chi connectivity index (χ2v) is 6.13. The largest absolute Gasteiger partial charge is 0.497 e. The van der Waals surface area contributed by atoms with Gasteiger partial charge in [-0.2, -0.15) is 0 Å². The Kier molecular flexibility index (Phi) is 3.99. The minimum absolute atomic E-state index is 0.101. The number of hydrogen-bond acceptors (Lipinski definition) is 3. The van der Waals surface area contributed by atoms with Crippen LogP contribution in [0.2, 0.25) is 0 Å². The van der Waals surface area contributed by atoms with Gasteiger partial charge >= 0.3 is 0 Å². The number of nitrogens with one attached hydrogen (secondary N) is 1. The molecule has 20 heavy (non-hydrogen) atoms. The summed E-state index contributed by atoms with van der Waals surface area (Å²) in [6, 6.07) is 6.97. The van der Waals surface area contributed by atoms with Gasteiger partial charge in [0.2, 0.25) is 0 Å². The van der Waals surface area contributed by atoms with E-state index in [1.807, 2.05) is 7.11 Å². The molecule has 1 atom stereocenters. The fourth-order valence-corrected chi connectivity index (χ4v) is 3.46. The van der Waals surface area contributed by atoms with E-state index in [0.29, 0.717) is 6.04 Å². The molecule has 3 nitrogen and oxygen atoms in total. The predicted molar refractivity (Wildman–Crippen MR) is 80.3 cm³/mol. The summed E-state index contributed by atoms with van der Waals surface area (Å²) in [4.78, 5) is 0. The van der Waals surface area contributed by atoms with Gasteiger partial charge in [-0.1, -0.05) is 6.07 Å². The number of hydrogen-bond donors (Lipinski definition) is 1. The van der Waals surface area contributed by atoms with Gasteiger partial charge in [0.15, 0.2) is 0 Å². The van der Waals surface area contributed by atoms with Crippen LogP contribution < -0.4 is 10.1 Å². The van der Waals surface area contributed by atoms with Gasteiger partial charge in [0.1, 0.15) is 5.75 Å². The summed E-state index contributed by atoms with van der Waals surface area (Å²) in [6.45, 7) is 0.972. The number of ether oxygens (including phenoxy) is 2. The molecule has 2 aliphatic rings. The average Bonchev–Trinajstić information content (AvgIpc) is 2.46. The average molecular weight is 275 g/mol. The zero-order chi connectivity index (χ0) is 14.0. The first kappa shape index (κ1) is 13.9. The van der Waals surface area contributed by atoms with E-state index in [9.17, 15) is 0 Å². The van der Waals surface area contributed by atoms with Crippen molar-refractivity contribution in [2.75, 3.05) is 20.8 Å². The maximum Gasteiger partial charge on any atom is 0.119 e. The van der Waals surface area contributed by atoms with Crippen molar-refractivity contribution < 1.29 is 9.47 Å². The van der Waals surface area contributed by atoms with Gasteiger partial charge in [0.25, 0.3) is 0 Å². The van der Waals surface area contributed by atoms with Crippen molar-refractivity contribution >= 4 is 0 Å². The summed E-state index contributed by atoms with van der Waals surface area (Å²) in [5.41, 5.74) is 2.99. The first-order chi connectivity index (χ1) is 9.76. The highest BCUT2D eigenvalue weighted by Gasteiger charge is 2.37. The minimum Gasteiger partial charge on any atom is -0.497 e. The van der Waals surface area contributed by atoms with Gasteiger partial charge < -0.3 is 14.8 Å². The number of fused-ring (bicyclic) bond motifs is 1. The second-order valence-electron chi connectivity index (χ2n) is 6.13. The lowest BCUT2D eigenvalue weighted by Crippen LogP contribution is -2.49. The molecule has 1 saturated carbocycles. The highest BCUT2D eigenvalue weighted by Crippen LogP contribution is 2.37. The van der Waals surface area contributed by atoms with Crippen molar-refractivity contribution in [3.63, 3.8) is 0 Å². The van der Waals surface area contributed by atoms with Crippen LogP contribution in [0.15, 0.2) is 18.2 Å². The zero-order valence-corrected chi connectivity index (χ0v) is 12.6. The molecule has 0 aromatic heterocycles. The Morgan fingerprint density at radius 3 is 2.75 bits per heavy atom. The third kappa shape index (κ3) is 2.57. The van der Waals surface area contributed by atoms with E-state index >= 15 is 0 Å². The molecule has 0 heterocycles. The van der Waals surface area contributed by atoms with Gasteiger partial charge in [-0.15, -0.1) is 0 Å². The van der Waals surface area contributed by atoms with E-state index in [1.54, 1.807) is 7.11 Å². The summed E-state index contributed by atoms with van der Waals surface area (Å²) in [7, 11) is 3.58. The van der Waals surface area contributed by atoms with Crippen LogP contribution in [0, 0.1) is 0 Å². The van der Waals surface area contributed by atoms with E-state index in [1.165, 1.54) is 49.7 Å². The Morgan fingerprint density at radius 2 is 2.10 bits per heavy atom. The summed E-state index contributed by atoms with van der Waals surface area (Å²) < 4.78 is 11.0. The lowest BCUT2D eigenvalue weighted by Gasteiger charge is -2.42. The van der Waals surface area contributed by atoms with Crippen LogP contribution in [-0.2, 0) is 11.2 Å². The number of rotatable bonds is 5. The normalized spacial score (nSPS) is 23.8. The maximum absolute atomic E-state index is 5.71. The molecule has 0 bridgehead atoms. The van der Waals surface area contributed by atoms with Crippen LogP contribution in [0.4, 0.5) is 0 Å². The molecule has 3 rings (SSSR count). The lowest BCUT2D eigenvalue weighted by molar-refractivity contribution is -0.0711. The fourth-order valence-electron chi connectivity index (χ4n) is 3.46. The van der Waals surface area contributed by atoms with Crippen molar-refractivity contribution in [1.82, 2.24) is 5.32 Å². The molecule has 1 unspecified atom stereocenters. The molecule has 1 aromatic carbocycles. The molecule has 1 fully saturated rings. The Labute approximate surface area is 121 Å². The lowest BCUT2D eigenvalue weighted by atomic mass is 9.79. The molecule has 0 spiro atoms. The molecule has 0 saturated heterocycles. The molecule has 2 aliphatic carbocycles. The Bertz CT molecular complexity index is 463. The Balaban J connectivity index is 1.70. The molecule has 1 N–H and O–H groups in total.